The van der Waals surface area contributed by atoms with Crippen LogP contribution in [0.3, 0.4) is 0 Å². The number of fused-ring (bicyclic) bond motifs is 3. The normalized spacial score (nSPS) is 14.1. The highest BCUT2D eigenvalue weighted by atomic mass is 32.2. The number of aryl methyl sites for hydroxylation is 3. The molecule has 0 amide bonds. The fourth-order valence-corrected chi connectivity index (χ4v) is 9.30. The van der Waals surface area contributed by atoms with Gasteiger partial charge in [-0.2, -0.15) is 0 Å². The summed E-state index contributed by atoms with van der Waals surface area (Å²) in [6.07, 6.45) is 0.817. The third kappa shape index (κ3) is 5.48. The second kappa shape index (κ2) is 13.7. The minimum atomic E-state index is -0.879. The molecule has 0 bridgehead atoms. The van der Waals surface area contributed by atoms with E-state index >= 15 is 0 Å². The van der Waals surface area contributed by atoms with Crippen LogP contribution in [0.4, 0.5) is 0 Å². The molecule has 0 radical (unpaired) electrons. The average Bonchev–Trinajstić information content (AvgIpc) is 3.80. The average molecular weight is 722 g/mol. The number of thioether (sulfide) groups is 1. The topological polar surface area (TPSA) is 74.3 Å². The van der Waals surface area contributed by atoms with Crippen LogP contribution in [0.15, 0.2) is 151 Å². The molecule has 0 spiro atoms. The van der Waals surface area contributed by atoms with Crippen molar-refractivity contribution in [2.24, 2.45) is 0 Å². The predicted octanol–water partition coefficient (Wildman–Crippen LogP) is 9.74. The molecule has 9 rings (SSSR count). The molecule has 1 unspecified atom stereocenters. The fraction of sp³-hybridized carbons (Fsp3) is 0.152. The fourth-order valence-electron chi connectivity index (χ4n) is 8.22. The third-order valence-corrected chi connectivity index (χ3v) is 11.6. The summed E-state index contributed by atoms with van der Waals surface area (Å²) in [4.78, 5) is 12.1. The summed E-state index contributed by atoms with van der Waals surface area (Å²) < 4.78 is 4.33. The Balaban J connectivity index is 1.27. The number of nitrogens with zero attached hydrogens (tertiary/aromatic N) is 7. The Morgan fingerprint density at radius 1 is 0.722 bits per heavy atom. The maximum Gasteiger partial charge on any atom is 0.165 e. The van der Waals surface area contributed by atoms with E-state index in [2.05, 4.69) is 174 Å². The van der Waals surface area contributed by atoms with Gasteiger partial charge in [-0.3, -0.25) is 0 Å². The van der Waals surface area contributed by atoms with E-state index in [9.17, 15) is 0 Å². The predicted molar refractivity (Wildman–Crippen MR) is 217 cm³/mol. The minimum Gasteiger partial charge on any atom is -0.308 e. The van der Waals surface area contributed by atoms with E-state index < -0.39 is 5.54 Å². The lowest BCUT2D eigenvalue weighted by Gasteiger charge is -2.37. The summed E-state index contributed by atoms with van der Waals surface area (Å²) in [6.45, 7) is 11.6. The highest BCUT2D eigenvalue weighted by Gasteiger charge is 2.44. The first-order valence-corrected chi connectivity index (χ1v) is 19.2. The molecule has 4 heterocycles. The lowest BCUT2D eigenvalue weighted by molar-refractivity contribution is 0.427. The number of benzene rings is 5. The summed E-state index contributed by atoms with van der Waals surface area (Å²) in [5.41, 5.74) is 10.8. The molecule has 0 saturated carbocycles. The quantitative estimate of drug-likeness (QED) is 0.146. The van der Waals surface area contributed by atoms with Crippen LogP contribution in [-0.2, 0) is 18.5 Å². The monoisotopic (exact) mass is 721 g/mol. The van der Waals surface area contributed by atoms with Crippen LogP contribution in [0.5, 0.6) is 0 Å². The van der Waals surface area contributed by atoms with Crippen LogP contribution in [0, 0.1) is 13.8 Å². The number of pyridine rings is 1. The second-order valence-electron chi connectivity index (χ2n) is 13.9. The van der Waals surface area contributed by atoms with Crippen LogP contribution in [-0.4, -0.2) is 34.7 Å². The lowest BCUT2D eigenvalue weighted by atomic mass is 9.76. The van der Waals surface area contributed by atoms with Gasteiger partial charge in [-0.15, -0.1) is 5.10 Å². The molecule has 0 aliphatic carbocycles. The van der Waals surface area contributed by atoms with E-state index in [1.807, 2.05) is 6.92 Å². The van der Waals surface area contributed by atoms with Crippen molar-refractivity contribution >= 4 is 27.8 Å². The summed E-state index contributed by atoms with van der Waals surface area (Å²) in [5, 5.41) is 14.4. The molecule has 1 aliphatic rings. The first-order chi connectivity index (χ1) is 26.5. The first kappa shape index (κ1) is 33.7. The number of hydrogen-bond acceptors (Lipinski definition) is 6. The van der Waals surface area contributed by atoms with Gasteiger partial charge in [0.05, 0.1) is 12.5 Å². The lowest BCUT2D eigenvalue weighted by Crippen LogP contribution is -2.40. The summed E-state index contributed by atoms with van der Waals surface area (Å²) in [7, 11) is 0. The zero-order valence-electron chi connectivity index (χ0n) is 30.5. The molecule has 5 aromatic carbocycles. The number of rotatable bonds is 8. The highest BCUT2D eigenvalue weighted by Crippen LogP contribution is 2.50. The van der Waals surface area contributed by atoms with Gasteiger partial charge in [0, 0.05) is 21.9 Å². The third-order valence-electron chi connectivity index (χ3n) is 10.6. The Labute approximate surface area is 319 Å². The van der Waals surface area contributed by atoms with Gasteiger partial charge in [-0.05, 0) is 80.9 Å². The van der Waals surface area contributed by atoms with Crippen LogP contribution >= 0.6 is 11.8 Å². The number of hydrogen-bond donors (Lipinski definition) is 0. The number of imidazole rings is 1. The molecule has 3 aromatic heterocycles. The van der Waals surface area contributed by atoms with Crippen LogP contribution in [0.1, 0.15) is 74.7 Å². The van der Waals surface area contributed by atoms with Gasteiger partial charge in [-0.1, -0.05) is 153 Å². The van der Waals surface area contributed by atoms with Crippen LogP contribution < -0.4 is 0 Å². The van der Waals surface area contributed by atoms with Crippen LogP contribution in [0.2, 0.25) is 0 Å². The van der Waals surface area contributed by atoms with Crippen molar-refractivity contribution in [1.29, 1.82) is 0 Å². The van der Waals surface area contributed by atoms with Gasteiger partial charge >= 0.3 is 0 Å². The molecule has 1 atom stereocenters. The Morgan fingerprint density at radius 2 is 1.35 bits per heavy atom. The van der Waals surface area contributed by atoms with Gasteiger partial charge in [0.15, 0.2) is 11.5 Å². The van der Waals surface area contributed by atoms with E-state index in [0.717, 1.165) is 83.7 Å². The first-order valence-electron chi connectivity index (χ1n) is 18.3. The van der Waals surface area contributed by atoms with Crippen molar-refractivity contribution in [1.82, 2.24) is 34.7 Å². The van der Waals surface area contributed by atoms with Gasteiger partial charge in [-0.25, -0.2) is 14.6 Å². The summed E-state index contributed by atoms with van der Waals surface area (Å²) in [5.74, 6) is 1.48. The van der Waals surface area contributed by atoms with Crippen molar-refractivity contribution in [3.8, 4) is 0 Å². The van der Waals surface area contributed by atoms with E-state index in [-0.39, 0.29) is 5.92 Å². The molecule has 8 heteroatoms. The molecule has 0 fully saturated rings. The molecule has 0 saturated heterocycles. The van der Waals surface area contributed by atoms with Crippen molar-refractivity contribution in [3.63, 3.8) is 0 Å². The van der Waals surface area contributed by atoms with E-state index in [1.54, 1.807) is 11.8 Å². The largest absolute Gasteiger partial charge is 0.308 e. The van der Waals surface area contributed by atoms with Crippen molar-refractivity contribution < 1.29 is 0 Å². The smallest absolute Gasteiger partial charge is 0.165 e. The molecular formula is C46H39N7S. The van der Waals surface area contributed by atoms with Gasteiger partial charge in [0.1, 0.15) is 16.9 Å². The minimum absolute atomic E-state index is 0.297. The van der Waals surface area contributed by atoms with Crippen molar-refractivity contribution in [2.45, 2.75) is 50.1 Å². The molecule has 0 N–H and O–H groups in total. The molecule has 7 nitrogen and oxygen atoms in total. The number of tetrazole rings is 1. The summed E-state index contributed by atoms with van der Waals surface area (Å²) in [6, 6.07) is 49.2. The van der Waals surface area contributed by atoms with E-state index in [4.69, 9.17) is 20.3 Å². The molecule has 1 aliphatic heterocycles. The SMILES string of the molecule is C=C1Sc2cc(Cn3c(CC)nc4c(C)cc(C)nc43)ccc2C(c2nnnn2C(c2ccccc2)(c2ccccc2)c2ccccc2)c2ccccc21. The zero-order valence-corrected chi connectivity index (χ0v) is 31.3. The maximum atomic E-state index is 5.02. The van der Waals surface area contributed by atoms with Gasteiger partial charge in [0.25, 0.3) is 0 Å². The molecule has 54 heavy (non-hydrogen) atoms. The number of aromatic nitrogens is 7. The maximum absolute atomic E-state index is 5.02. The van der Waals surface area contributed by atoms with E-state index in [1.165, 1.54) is 5.56 Å². The molecule has 8 aromatic rings. The molecular weight excluding hydrogens is 683 g/mol. The Hall–Kier alpha value is -6.12. The zero-order chi connectivity index (χ0) is 36.8. The molecule has 264 valence electrons. The van der Waals surface area contributed by atoms with Crippen molar-refractivity contribution in [2.75, 3.05) is 0 Å². The van der Waals surface area contributed by atoms with Crippen molar-refractivity contribution in [3.05, 3.63) is 208 Å². The van der Waals surface area contributed by atoms with Gasteiger partial charge < -0.3 is 4.57 Å². The van der Waals surface area contributed by atoms with Crippen LogP contribution in [0.25, 0.3) is 16.1 Å². The Kier molecular flexibility index (Phi) is 8.55. The standard InChI is InChI=1S/C46H39N7S/c1-5-41-48-43-30(2)27-31(3)47-45(43)52(41)29-33-25-26-39-40(28-33)54-32(4)37-23-15-16-24-38(37)42(39)44-49-50-51-53(44)46(34-17-9-6-10-18-34,35-19-11-7-12-20-35)36-21-13-8-14-22-36/h6-28,42H,4-5,29H2,1-3H3. The summed E-state index contributed by atoms with van der Waals surface area (Å²) >= 11 is 1.71. The Morgan fingerprint density at radius 3 is 2.00 bits per heavy atom. The Bertz CT molecular complexity index is 2550. The highest BCUT2D eigenvalue weighted by molar-refractivity contribution is 8.08. The van der Waals surface area contributed by atoms with E-state index in [0.29, 0.717) is 6.54 Å². The van der Waals surface area contributed by atoms with Gasteiger partial charge in [0.2, 0.25) is 0 Å². The second-order valence-corrected chi connectivity index (χ2v) is 15.0.